The maximum Gasteiger partial charge on any atom is 0.242 e. The number of sulfonamides is 1. The molecule has 0 aliphatic heterocycles. The number of carbonyl (C=O) groups is 2. The lowest BCUT2D eigenvalue weighted by atomic mass is 10.1. The predicted molar refractivity (Wildman–Crippen MR) is 137 cm³/mol. The van der Waals surface area contributed by atoms with Gasteiger partial charge < -0.3 is 10.2 Å². The zero-order valence-electron chi connectivity index (χ0n) is 20.5. The Morgan fingerprint density at radius 1 is 1.09 bits per heavy atom. The van der Waals surface area contributed by atoms with E-state index in [2.05, 4.69) is 5.32 Å². The average Bonchev–Trinajstić information content (AvgIpc) is 2.78. The normalized spacial score (nSPS) is 12.2. The van der Waals surface area contributed by atoms with Crippen molar-refractivity contribution < 1.29 is 18.0 Å². The lowest BCUT2D eigenvalue weighted by Crippen LogP contribution is -2.48. The van der Waals surface area contributed by atoms with Crippen molar-refractivity contribution in [2.75, 3.05) is 24.2 Å². The molecule has 1 N–H and O–H groups in total. The van der Waals surface area contributed by atoms with Gasteiger partial charge in [0.2, 0.25) is 21.8 Å². The molecule has 7 nitrogen and oxygen atoms in total. The molecule has 0 saturated heterocycles. The Labute approximate surface area is 208 Å². The Balaban J connectivity index is 2.21. The van der Waals surface area contributed by atoms with Crippen LogP contribution in [0, 0.1) is 13.8 Å². The van der Waals surface area contributed by atoms with Gasteiger partial charge in [0.15, 0.2) is 0 Å². The Morgan fingerprint density at radius 2 is 1.76 bits per heavy atom. The molecule has 0 aliphatic carbocycles. The van der Waals surface area contributed by atoms with Crippen LogP contribution in [0.3, 0.4) is 0 Å². The first-order valence-electron chi connectivity index (χ1n) is 11.3. The summed E-state index contributed by atoms with van der Waals surface area (Å²) < 4.78 is 26.2. The number of anilines is 1. The number of likely N-dealkylation sites (N-methyl/N-ethyl adjacent to an activating group) is 1. The van der Waals surface area contributed by atoms with Crippen LogP contribution in [0.5, 0.6) is 0 Å². The highest BCUT2D eigenvalue weighted by molar-refractivity contribution is 7.92. The Kier molecular flexibility index (Phi) is 9.94. The smallest absolute Gasteiger partial charge is 0.242 e. The summed E-state index contributed by atoms with van der Waals surface area (Å²) >= 11 is 6.31. The molecule has 2 amide bonds. The maximum atomic E-state index is 13.3. The van der Waals surface area contributed by atoms with Gasteiger partial charge in [0.05, 0.1) is 11.9 Å². The molecule has 0 aliphatic rings. The number of benzene rings is 2. The summed E-state index contributed by atoms with van der Waals surface area (Å²) in [5.41, 5.74) is 3.38. The third-order valence-corrected chi connectivity index (χ3v) is 7.42. The van der Waals surface area contributed by atoms with Gasteiger partial charge in [-0.05, 0) is 61.6 Å². The highest BCUT2D eigenvalue weighted by Gasteiger charge is 2.28. The lowest BCUT2D eigenvalue weighted by molar-refractivity contribution is -0.141. The van der Waals surface area contributed by atoms with E-state index >= 15 is 0 Å². The minimum Gasteiger partial charge on any atom is -0.357 e. The maximum absolute atomic E-state index is 13.3. The number of rotatable bonds is 11. The minimum atomic E-state index is -3.53. The van der Waals surface area contributed by atoms with Crippen molar-refractivity contribution >= 4 is 39.1 Å². The van der Waals surface area contributed by atoms with Crippen LogP contribution in [0.15, 0.2) is 42.5 Å². The minimum absolute atomic E-state index is 0.0921. The van der Waals surface area contributed by atoms with Crippen LogP contribution in [0.2, 0.25) is 5.02 Å². The van der Waals surface area contributed by atoms with E-state index in [-0.39, 0.29) is 31.3 Å². The second-order valence-electron chi connectivity index (χ2n) is 8.36. The first kappa shape index (κ1) is 27.7. The topological polar surface area (TPSA) is 86.8 Å². The van der Waals surface area contributed by atoms with Gasteiger partial charge in [-0.3, -0.25) is 13.9 Å². The van der Waals surface area contributed by atoms with Crippen LogP contribution in [-0.4, -0.2) is 51.0 Å². The molecule has 9 heteroatoms. The van der Waals surface area contributed by atoms with Crippen LogP contribution >= 0.6 is 11.6 Å². The van der Waals surface area contributed by atoms with Crippen LogP contribution < -0.4 is 9.62 Å². The van der Waals surface area contributed by atoms with Gasteiger partial charge in [-0.25, -0.2) is 8.42 Å². The van der Waals surface area contributed by atoms with Crippen LogP contribution in [0.1, 0.15) is 42.9 Å². The quantitative estimate of drug-likeness (QED) is 0.497. The summed E-state index contributed by atoms with van der Waals surface area (Å²) in [6, 6.07) is 12.0. The Morgan fingerprint density at radius 3 is 2.32 bits per heavy atom. The van der Waals surface area contributed by atoms with Gasteiger partial charge in [-0.2, -0.15) is 0 Å². The molecule has 0 fully saturated rings. The van der Waals surface area contributed by atoms with E-state index in [9.17, 15) is 18.0 Å². The van der Waals surface area contributed by atoms with Crippen molar-refractivity contribution in [2.24, 2.45) is 0 Å². The van der Waals surface area contributed by atoms with Crippen LogP contribution in [-0.2, 0) is 26.2 Å². The van der Waals surface area contributed by atoms with Gasteiger partial charge in [-0.15, -0.1) is 0 Å². The molecule has 1 atom stereocenters. The third-order valence-electron chi connectivity index (χ3n) is 5.86. The fraction of sp³-hybridized carbons (Fsp3) is 0.440. The van der Waals surface area contributed by atoms with Crippen molar-refractivity contribution in [3.05, 3.63) is 64.2 Å². The van der Waals surface area contributed by atoms with Gasteiger partial charge >= 0.3 is 0 Å². The zero-order chi connectivity index (χ0) is 25.5. The fourth-order valence-electron chi connectivity index (χ4n) is 3.78. The zero-order valence-corrected chi connectivity index (χ0v) is 22.0. The van der Waals surface area contributed by atoms with Crippen molar-refractivity contribution in [3.8, 4) is 0 Å². The van der Waals surface area contributed by atoms with Crippen molar-refractivity contribution in [1.29, 1.82) is 0 Å². The van der Waals surface area contributed by atoms with E-state index in [1.807, 2.05) is 45.0 Å². The van der Waals surface area contributed by atoms with E-state index in [1.54, 1.807) is 18.2 Å². The second kappa shape index (κ2) is 12.2. The molecular formula is C25H34ClN3O4S. The third kappa shape index (κ3) is 7.21. The van der Waals surface area contributed by atoms with Crippen LogP contribution in [0.4, 0.5) is 5.69 Å². The number of carbonyl (C=O) groups excluding carboxylic acids is 2. The number of hydrogen-bond acceptors (Lipinski definition) is 4. The SMILES string of the molecule is CCC(C(=O)NC)N(Cc1ccccc1Cl)C(=O)CCCN(c1ccc(C)c(C)c1)S(C)(=O)=O. The number of nitrogens with zero attached hydrogens (tertiary/aromatic N) is 2. The van der Waals surface area contributed by atoms with E-state index in [0.717, 1.165) is 22.9 Å². The molecule has 0 saturated carbocycles. The number of hydrogen-bond donors (Lipinski definition) is 1. The molecule has 0 aromatic heterocycles. The van der Waals surface area contributed by atoms with E-state index in [0.29, 0.717) is 23.6 Å². The van der Waals surface area contributed by atoms with Gasteiger partial charge in [0.1, 0.15) is 6.04 Å². The summed E-state index contributed by atoms with van der Waals surface area (Å²) in [6.07, 6.45) is 2.00. The summed E-state index contributed by atoms with van der Waals surface area (Å²) in [6.45, 7) is 6.09. The number of halogens is 1. The van der Waals surface area contributed by atoms with E-state index in [1.165, 1.54) is 16.3 Å². The first-order valence-corrected chi connectivity index (χ1v) is 13.5. The monoisotopic (exact) mass is 507 g/mol. The molecule has 2 aromatic rings. The molecule has 0 radical (unpaired) electrons. The molecule has 1 unspecified atom stereocenters. The predicted octanol–water partition coefficient (Wildman–Crippen LogP) is 4.06. The highest BCUT2D eigenvalue weighted by Crippen LogP contribution is 2.23. The molecule has 34 heavy (non-hydrogen) atoms. The number of aryl methyl sites for hydroxylation is 2. The Hall–Kier alpha value is -2.58. The number of amides is 2. The van der Waals surface area contributed by atoms with Gasteiger partial charge in [0.25, 0.3) is 0 Å². The molecule has 0 bridgehead atoms. The van der Waals surface area contributed by atoms with Crippen LogP contribution in [0.25, 0.3) is 0 Å². The molecular weight excluding hydrogens is 474 g/mol. The summed E-state index contributed by atoms with van der Waals surface area (Å²) in [4.78, 5) is 27.3. The molecule has 2 aromatic carbocycles. The second-order valence-corrected chi connectivity index (χ2v) is 10.7. The Bertz CT molecular complexity index is 1120. The van der Waals surface area contributed by atoms with E-state index < -0.39 is 16.1 Å². The largest absolute Gasteiger partial charge is 0.357 e. The number of nitrogens with one attached hydrogen (secondary N) is 1. The summed E-state index contributed by atoms with van der Waals surface area (Å²) in [5.74, 6) is -0.486. The summed E-state index contributed by atoms with van der Waals surface area (Å²) in [5, 5.41) is 3.14. The summed E-state index contributed by atoms with van der Waals surface area (Å²) in [7, 11) is -1.99. The molecule has 186 valence electrons. The molecule has 2 rings (SSSR count). The standard InChI is InChI=1S/C25H34ClN3O4S/c1-6-23(25(31)27-4)28(17-20-10-7-8-11-22(20)26)24(30)12-9-15-29(34(5,32)33)21-14-13-18(2)19(3)16-21/h7-8,10-11,13-14,16,23H,6,9,12,15,17H2,1-5H3,(H,27,31). The fourth-order valence-corrected chi connectivity index (χ4v) is 4.93. The van der Waals surface area contributed by atoms with Gasteiger partial charge in [0, 0.05) is 31.6 Å². The lowest BCUT2D eigenvalue weighted by Gasteiger charge is -2.31. The first-order chi connectivity index (χ1) is 16.0. The van der Waals surface area contributed by atoms with Crippen molar-refractivity contribution in [1.82, 2.24) is 10.2 Å². The highest BCUT2D eigenvalue weighted by atomic mass is 35.5. The van der Waals surface area contributed by atoms with Gasteiger partial charge in [-0.1, -0.05) is 42.8 Å². The molecule has 0 spiro atoms. The molecule has 0 heterocycles. The van der Waals surface area contributed by atoms with Crippen molar-refractivity contribution in [2.45, 2.75) is 52.6 Å². The average molecular weight is 508 g/mol. The van der Waals surface area contributed by atoms with E-state index in [4.69, 9.17) is 11.6 Å². The van der Waals surface area contributed by atoms with Crippen molar-refractivity contribution in [3.63, 3.8) is 0 Å².